The SMILES string of the molecule is COc1ccc(OCC(=O)N2CCCCC(c3ccccc3)C2)cc1. The lowest BCUT2D eigenvalue weighted by Gasteiger charge is -2.25. The highest BCUT2D eigenvalue weighted by Gasteiger charge is 2.23. The van der Waals surface area contributed by atoms with Gasteiger partial charge in [0.1, 0.15) is 11.5 Å². The number of likely N-dealkylation sites (tertiary alicyclic amines) is 1. The summed E-state index contributed by atoms with van der Waals surface area (Å²) >= 11 is 0. The number of methoxy groups -OCH3 is 1. The highest BCUT2D eigenvalue weighted by atomic mass is 16.5. The molecule has 132 valence electrons. The van der Waals surface area contributed by atoms with Gasteiger partial charge in [0.2, 0.25) is 0 Å². The van der Waals surface area contributed by atoms with E-state index in [9.17, 15) is 4.79 Å². The van der Waals surface area contributed by atoms with Crippen molar-refractivity contribution in [2.24, 2.45) is 0 Å². The number of hydrogen-bond donors (Lipinski definition) is 0. The molecule has 1 fully saturated rings. The zero-order chi connectivity index (χ0) is 17.5. The topological polar surface area (TPSA) is 38.8 Å². The minimum Gasteiger partial charge on any atom is -0.497 e. The highest BCUT2D eigenvalue weighted by molar-refractivity contribution is 5.78. The van der Waals surface area contributed by atoms with Gasteiger partial charge in [-0.2, -0.15) is 0 Å². The van der Waals surface area contributed by atoms with Crippen molar-refractivity contribution in [3.8, 4) is 11.5 Å². The summed E-state index contributed by atoms with van der Waals surface area (Å²) in [6.07, 6.45) is 3.34. The van der Waals surface area contributed by atoms with E-state index in [-0.39, 0.29) is 12.5 Å². The van der Waals surface area contributed by atoms with Gasteiger partial charge < -0.3 is 14.4 Å². The van der Waals surface area contributed by atoms with Gasteiger partial charge in [0, 0.05) is 19.0 Å². The van der Waals surface area contributed by atoms with E-state index >= 15 is 0 Å². The molecular weight excluding hydrogens is 314 g/mol. The third-order valence-electron chi connectivity index (χ3n) is 4.72. The van der Waals surface area contributed by atoms with Crippen LogP contribution in [0.1, 0.15) is 30.7 Å². The first-order valence-electron chi connectivity index (χ1n) is 8.86. The molecule has 1 amide bonds. The maximum Gasteiger partial charge on any atom is 0.260 e. The molecule has 0 saturated carbocycles. The zero-order valence-corrected chi connectivity index (χ0v) is 14.7. The molecule has 0 N–H and O–H groups in total. The minimum atomic E-state index is 0.0543. The molecule has 3 rings (SSSR count). The van der Waals surface area contributed by atoms with Gasteiger partial charge >= 0.3 is 0 Å². The Morgan fingerprint density at radius 2 is 1.76 bits per heavy atom. The average molecular weight is 339 g/mol. The summed E-state index contributed by atoms with van der Waals surface area (Å²) in [4.78, 5) is 14.6. The molecule has 1 aliphatic rings. The average Bonchev–Trinajstić information content (AvgIpc) is 2.93. The Bertz CT molecular complexity index is 669. The summed E-state index contributed by atoms with van der Waals surface area (Å²) in [5, 5.41) is 0. The van der Waals surface area contributed by atoms with Crippen LogP contribution in [0, 0.1) is 0 Å². The van der Waals surface area contributed by atoms with Crippen LogP contribution >= 0.6 is 0 Å². The molecule has 1 unspecified atom stereocenters. The molecule has 25 heavy (non-hydrogen) atoms. The molecule has 0 aliphatic carbocycles. The van der Waals surface area contributed by atoms with Gasteiger partial charge in [-0.25, -0.2) is 0 Å². The van der Waals surface area contributed by atoms with E-state index in [2.05, 4.69) is 24.3 Å². The van der Waals surface area contributed by atoms with Crippen LogP contribution < -0.4 is 9.47 Å². The summed E-state index contributed by atoms with van der Waals surface area (Å²) < 4.78 is 10.8. The molecule has 0 bridgehead atoms. The fourth-order valence-corrected chi connectivity index (χ4v) is 3.27. The molecular formula is C21H25NO3. The Labute approximate surface area is 149 Å². The summed E-state index contributed by atoms with van der Waals surface area (Å²) in [6.45, 7) is 1.66. The van der Waals surface area contributed by atoms with Crippen LogP contribution in [0.2, 0.25) is 0 Å². The third-order valence-corrected chi connectivity index (χ3v) is 4.72. The van der Waals surface area contributed by atoms with Crippen LogP contribution in [-0.2, 0) is 4.79 Å². The molecule has 4 heteroatoms. The van der Waals surface area contributed by atoms with Crippen molar-refractivity contribution in [3.63, 3.8) is 0 Å². The molecule has 1 saturated heterocycles. The second-order valence-corrected chi connectivity index (χ2v) is 6.41. The van der Waals surface area contributed by atoms with Crippen molar-refractivity contribution in [2.45, 2.75) is 25.2 Å². The predicted molar refractivity (Wildman–Crippen MR) is 98.1 cm³/mol. The van der Waals surface area contributed by atoms with Crippen LogP contribution in [0.15, 0.2) is 54.6 Å². The lowest BCUT2D eigenvalue weighted by atomic mass is 9.94. The second-order valence-electron chi connectivity index (χ2n) is 6.41. The van der Waals surface area contributed by atoms with Crippen molar-refractivity contribution >= 4 is 5.91 Å². The fraction of sp³-hybridized carbons (Fsp3) is 0.381. The first kappa shape index (κ1) is 17.3. The van der Waals surface area contributed by atoms with E-state index in [0.717, 1.165) is 38.1 Å². The number of carbonyl (C=O) groups excluding carboxylic acids is 1. The van der Waals surface area contributed by atoms with Gasteiger partial charge in [0.05, 0.1) is 7.11 Å². The molecule has 2 aromatic rings. The number of amides is 1. The Morgan fingerprint density at radius 3 is 2.48 bits per heavy atom. The van der Waals surface area contributed by atoms with E-state index in [1.165, 1.54) is 5.56 Å². The summed E-state index contributed by atoms with van der Waals surface area (Å²) in [5.41, 5.74) is 1.32. The Balaban J connectivity index is 1.58. The molecule has 4 nitrogen and oxygen atoms in total. The van der Waals surface area contributed by atoms with E-state index in [1.54, 1.807) is 7.11 Å². The monoisotopic (exact) mass is 339 g/mol. The first-order valence-corrected chi connectivity index (χ1v) is 8.86. The number of hydrogen-bond acceptors (Lipinski definition) is 3. The Morgan fingerprint density at radius 1 is 1.04 bits per heavy atom. The second kappa shape index (κ2) is 8.56. The van der Waals surface area contributed by atoms with Crippen LogP contribution in [0.3, 0.4) is 0 Å². The maximum absolute atomic E-state index is 12.6. The minimum absolute atomic E-state index is 0.0543. The van der Waals surface area contributed by atoms with Crippen molar-refractivity contribution in [1.29, 1.82) is 0 Å². The first-order chi connectivity index (χ1) is 12.3. The number of ether oxygens (including phenoxy) is 2. The fourth-order valence-electron chi connectivity index (χ4n) is 3.27. The van der Waals surface area contributed by atoms with Crippen LogP contribution in [0.25, 0.3) is 0 Å². The molecule has 0 spiro atoms. The van der Waals surface area contributed by atoms with Gasteiger partial charge in [-0.1, -0.05) is 36.8 Å². The van der Waals surface area contributed by atoms with Gasteiger partial charge in [0.25, 0.3) is 5.91 Å². The number of carbonyl (C=O) groups is 1. The lowest BCUT2D eigenvalue weighted by Crippen LogP contribution is -2.37. The summed E-state index contributed by atoms with van der Waals surface area (Å²) in [7, 11) is 1.63. The molecule has 1 atom stereocenters. The van der Waals surface area contributed by atoms with E-state index in [1.807, 2.05) is 35.2 Å². The van der Waals surface area contributed by atoms with Gasteiger partial charge in [0.15, 0.2) is 6.61 Å². The molecule has 0 aromatic heterocycles. The smallest absolute Gasteiger partial charge is 0.260 e. The van der Waals surface area contributed by atoms with Crippen molar-refractivity contribution in [1.82, 2.24) is 4.90 Å². The number of benzene rings is 2. The zero-order valence-electron chi connectivity index (χ0n) is 14.7. The lowest BCUT2D eigenvalue weighted by molar-refractivity contribution is -0.133. The quantitative estimate of drug-likeness (QED) is 0.830. The number of nitrogens with zero attached hydrogens (tertiary/aromatic N) is 1. The van der Waals surface area contributed by atoms with Gasteiger partial charge in [-0.3, -0.25) is 4.79 Å². The molecule has 1 heterocycles. The molecule has 1 aliphatic heterocycles. The molecule has 0 radical (unpaired) electrons. The van der Waals surface area contributed by atoms with Crippen molar-refractivity contribution < 1.29 is 14.3 Å². The van der Waals surface area contributed by atoms with Crippen LogP contribution in [0.5, 0.6) is 11.5 Å². The van der Waals surface area contributed by atoms with E-state index in [4.69, 9.17) is 9.47 Å². The standard InChI is InChI=1S/C21H25NO3/c1-24-19-10-12-20(13-11-19)25-16-21(23)22-14-6-5-9-18(15-22)17-7-3-2-4-8-17/h2-4,7-8,10-13,18H,5-6,9,14-16H2,1H3. The van der Waals surface area contributed by atoms with E-state index in [0.29, 0.717) is 11.7 Å². The Hall–Kier alpha value is -2.49. The summed E-state index contributed by atoms with van der Waals surface area (Å²) in [6, 6.07) is 17.8. The van der Waals surface area contributed by atoms with Gasteiger partial charge in [-0.15, -0.1) is 0 Å². The third kappa shape index (κ3) is 4.75. The van der Waals surface area contributed by atoms with Crippen molar-refractivity contribution in [2.75, 3.05) is 26.8 Å². The van der Waals surface area contributed by atoms with Gasteiger partial charge in [-0.05, 0) is 42.7 Å². The summed E-state index contributed by atoms with van der Waals surface area (Å²) in [5.74, 6) is 1.92. The van der Waals surface area contributed by atoms with E-state index < -0.39 is 0 Å². The molecule has 2 aromatic carbocycles. The van der Waals surface area contributed by atoms with Crippen LogP contribution in [0.4, 0.5) is 0 Å². The Kier molecular flexibility index (Phi) is 5.94. The largest absolute Gasteiger partial charge is 0.497 e. The highest BCUT2D eigenvalue weighted by Crippen LogP contribution is 2.26. The maximum atomic E-state index is 12.6. The van der Waals surface area contributed by atoms with Crippen LogP contribution in [-0.4, -0.2) is 37.6 Å². The van der Waals surface area contributed by atoms with Crippen molar-refractivity contribution in [3.05, 3.63) is 60.2 Å². The number of rotatable bonds is 5. The normalized spacial score (nSPS) is 17.6. The predicted octanol–water partition coefficient (Wildman–Crippen LogP) is 3.87.